The fourth-order valence-electron chi connectivity index (χ4n) is 2.26. The van der Waals surface area contributed by atoms with Gasteiger partial charge in [0.05, 0.1) is 5.25 Å². The van der Waals surface area contributed by atoms with E-state index >= 15 is 0 Å². The molecule has 0 bridgehead atoms. The number of amides is 1. The summed E-state index contributed by atoms with van der Waals surface area (Å²) in [7, 11) is 0. The SMILES string of the molecule is O=C(O)CCc1ccccc1NC(=O)C1CCCCS1. The fourth-order valence-corrected chi connectivity index (χ4v) is 3.46. The van der Waals surface area contributed by atoms with Gasteiger partial charge < -0.3 is 10.4 Å². The molecular weight excluding hydrogens is 274 g/mol. The molecule has 0 saturated carbocycles. The molecule has 0 aromatic heterocycles. The summed E-state index contributed by atoms with van der Waals surface area (Å²) in [6.45, 7) is 0. The number of carboxylic acids is 1. The molecule has 1 aliphatic heterocycles. The highest BCUT2D eigenvalue weighted by Crippen LogP contribution is 2.27. The van der Waals surface area contributed by atoms with Crippen molar-refractivity contribution in [2.45, 2.75) is 37.4 Å². The number of carboxylic acid groups (broad SMARTS) is 1. The van der Waals surface area contributed by atoms with Crippen LogP contribution in [0.1, 0.15) is 31.2 Å². The van der Waals surface area contributed by atoms with Crippen molar-refractivity contribution in [3.05, 3.63) is 29.8 Å². The minimum absolute atomic E-state index is 0.0243. The molecule has 5 heteroatoms. The van der Waals surface area contributed by atoms with Gasteiger partial charge in [-0.25, -0.2) is 0 Å². The largest absolute Gasteiger partial charge is 0.481 e. The number of anilines is 1. The van der Waals surface area contributed by atoms with Crippen LogP contribution in [0.15, 0.2) is 24.3 Å². The lowest BCUT2D eigenvalue weighted by molar-refractivity contribution is -0.136. The van der Waals surface area contributed by atoms with E-state index in [1.165, 1.54) is 6.42 Å². The van der Waals surface area contributed by atoms with Gasteiger partial charge in [-0.2, -0.15) is 0 Å². The summed E-state index contributed by atoms with van der Waals surface area (Å²) in [5.41, 5.74) is 1.62. The maximum absolute atomic E-state index is 12.2. The molecule has 0 aliphatic carbocycles. The van der Waals surface area contributed by atoms with Crippen molar-refractivity contribution in [1.82, 2.24) is 0 Å². The zero-order valence-corrected chi connectivity index (χ0v) is 12.1. The van der Waals surface area contributed by atoms with E-state index in [4.69, 9.17) is 5.11 Å². The van der Waals surface area contributed by atoms with E-state index in [2.05, 4.69) is 5.32 Å². The number of benzene rings is 1. The van der Waals surface area contributed by atoms with E-state index in [-0.39, 0.29) is 17.6 Å². The number of carbonyl (C=O) groups excluding carboxylic acids is 1. The van der Waals surface area contributed by atoms with E-state index in [0.717, 1.165) is 29.8 Å². The summed E-state index contributed by atoms with van der Waals surface area (Å²) < 4.78 is 0. The van der Waals surface area contributed by atoms with Gasteiger partial charge in [-0.05, 0) is 36.6 Å². The van der Waals surface area contributed by atoms with Gasteiger partial charge in [0.15, 0.2) is 0 Å². The van der Waals surface area contributed by atoms with Crippen LogP contribution >= 0.6 is 11.8 Å². The second kappa shape index (κ2) is 7.33. The number of aryl methyl sites for hydroxylation is 1. The topological polar surface area (TPSA) is 66.4 Å². The van der Waals surface area contributed by atoms with Crippen LogP contribution < -0.4 is 5.32 Å². The molecule has 2 N–H and O–H groups in total. The third-order valence-corrected chi connectivity index (χ3v) is 4.73. The molecule has 1 aromatic carbocycles. The second-order valence-corrected chi connectivity index (χ2v) is 6.21. The highest BCUT2D eigenvalue weighted by Gasteiger charge is 2.22. The quantitative estimate of drug-likeness (QED) is 0.876. The number of aliphatic carboxylic acids is 1. The Balaban J connectivity index is 2.00. The Hall–Kier alpha value is -1.49. The molecule has 0 spiro atoms. The van der Waals surface area contributed by atoms with Crippen LogP contribution in [0, 0.1) is 0 Å². The Morgan fingerprint density at radius 1 is 1.30 bits per heavy atom. The molecule has 4 nitrogen and oxygen atoms in total. The van der Waals surface area contributed by atoms with Crippen molar-refractivity contribution < 1.29 is 14.7 Å². The van der Waals surface area contributed by atoms with Crippen LogP contribution in [0.2, 0.25) is 0 Å². The lowest BCUT2D eigenvalue weighted by Crippen LogP contribution is -2.27. The summed E-state index contributed by atoms with van der Waals surface area (Å²) >= 11 is 1.71. The zero-order chi connectivity index (χ0) is 14.4. The van der Waals surface area contributed by atoms with Crippen molar-refractivity contribution in [1.29, 1.82) is 0 Å². The summed E-state index contributed by atoms with van der Waals surface area (Å²) in [5.74, 6) is 0.255. The molecule has 1 heterocycles. The van der Waals surface area contributed by atoms with E-state index in [1.54, 1.807) is 11.8 Å². The van der Waals surface area contributed by atoms with Gasteiger partial charge in [0.1, 0.15) is 0 Å². The summed E-state index contributed by atoms with van der Waals surface area (Å²) in [5, 5.41) is 11.7. The maximum atomic E-state index is 12.2. The van der Waals surface area contributed by atoms with Gasteiger partial charge in [-0.15, -0.1) is 11.8 Å². The predicted octanol–water partition coefficient (Wildman–Crippen LogP) is 2.93. The summed E-state index contributed by atoms with van der Waals surface area (Å²) in [6.07, 6.45) is 3.72. The number of hydrogen-bond acceptors (Lipinski definition) is 3. The minimum atomic E-state index is -0.825. The number of thioether (sulfide) groups is 1. The second-order valence-electron chi connectivity index (χ2n) is 4.90. The van der Waals surface area contributed by atoms with E-state index in [0.29, 0.717) is 6.42 Å². The molecular formula is C15H19NO3S. The van der Waals surface area contributed by atoms with Crippen molar-refractivity contribution in [3.8, 4) is 0 Å². The van der Waals surface area contributed by atoms with E-state index in [9.17, 15) is 9.59 Å². The molecule has 1 saturated heterocycles. The Labute approximate surface area is 123 Å². The van der Waals surface area contributed by atoms with E-state index in [1.807, 2.05) is 24.3 Å². The van der Waals surface area contributed by atoms with E-state index < -0.39 is 5.97 Å². The molecule has 1 fully saturated rings. The fraction of sp³-hybridized carbons (Fsp3) is 0.467. The molecule has 20 heavy (non-hydrogen) atoms. The predicted molar refractivity (Wildman–Crippen MR) is 81.1 cm³/mol. The average Bonchev–Trinajstić information content (AvgIpc) is 2.47. The Morgan fingerprint density at radius 3 is 2.80 bits per heavy atom. The molecule has 1 amide bonds. The maximum Gasteiger partial charge on any atom is 0.303 e. The first-order valence-corrected chi connectivity index (χ1v) is 7.94. The van der Waals surface area contributed by atoms with Crippen molar-refractivity contribution in [2.75, 3.05) is 11.1 Å². The van der Waals surface area contributed by atoms with Gasteiger partial charge in [-0.1, -0.05) is 24.6 Å². The first kappa shape index (κ1) is 14.9. The smallest absolute Gasteiger partial charge is 0.303 e. The molecule has 1 aromatic rings. The number of rotatable bonds is 5. The van der Waals surface area contributed by atoms with Crippen LogP contribution in [0.3, 0.4) is 0 Å². The first-order valence-electron chi connectivity index (χ1n) is 6.89. The van der Waals surface area contributed by atoms with Gasteiger partial charge in [0, 0.05) is 12.1 Å². The van der Waals surface area contributed by atoms with Gasteiger partial charge in [0.25, 0.3) is 0 Å². The standard InChI is InChI=1S/C15H19NO3S/c17-14(18)9-8-11-5-1-2-6-12(11)16-15(19)13-7-3-4-10-20-13/h1-2,5-6,13H,3-4,7-10H2,(H,16,19)(H,17,18). The number of nitrogens with one attached hydrogen (secondary N) is 1. The monoisotopic (exact) mass is 293 g/mol. The summed E-state index contributed by atoms with van der Waals surface area (Å²) in [6, 6.07) is 7.42. The van der Waals surface area contributed by atoms with Crippen LogP contribution in [0.4, 0.5) is 5.69 Å². The lowest BCUT2D eigenvalue weighted by Gasteiger charge is -2.21. The van der Waals surface area contributed by atoms with Gasteiger partial charge in [0.2, 0.25) is 5.91 Å². The lowest BCUT2D eigenvalue weighted by atomic mass is 10.1. The van der Waals surface area contributed by atoms with Crippen molar-refractivity contribution in [3.63, 3.8) is 0 Å². The minimum Gasteiger partial charge on any atom is -0.481 e. The third kappa shape index (κ3) is 4.27. The number of para-hydroxylation sites is 1. The highest BCUT2D eigenvalue weighted by molar-refractivity contribution is 8.00. The zero-order valence-electron chi connectivity index (χ0n) is 11.3. The van der Waals surface area contributed by atoms with Gasteiger partial charge >= 0.3 is 5.97 Å². The van der Waals surface area contributed by atoms with Gasteiger partial charge in [-0.3, -0.25) is 9.59 Å². The molecule has 0 radical (unpaired) electrons. The average molecular weight is 293 g/mol. The van der Waals surface area contributed by atoms with Crippen LogP contribution in [-0.2, 0) is 16.0 Å². The summed E-state index contributed by atoms with van der Waals surface area (Å²) in [4.78, 5) is 22.9. The third-order valence-electron chi connectivity index (χ3n) is 3.36. The molecule has 108 valence electrons. The molecule has 2 rings (SSSR count). The van der Waals surface area contributed by atoms with Crippen molar-refractivity contribution >= 4 is 29.3 Å². The Morgan fingerprint density at radius 2 is 2.10 bits per heavy atom. The number of carbonyl (C=O) groups is 2. The normalized spacial score (nSPS) is 18.5. The Bertz CT molecular complexity index is 484. The highest BCUT2D eigenvalue weighted by atomic mass is 32.2. The van der Waals surface area contributed by atoms with Crippen molar-refractivity contribution in [2.24, 2.45) is 0 Å². The molecule has 1 unspecified atom stereocenters. The first-order chi connectivity index (χ1) is 9.66. The molecule has 1 atom stereocenters. The van der Waals surface area contributed by atoms with Crippen LogP contribution in [-0.4, -0.2) is 28.0 Å². The molecule has 1 aliphatic rings. The number of hydrogen-bond donors (Lipinski definition) is 2. The van der Waals surface area contributed by atoms with Crippen LogP contribution in [0.25, 0.3) is 0 Å². The van der Waals surface area contributed by atoms with Crippen LogP contribution in [0.5, 0.6) is 0 Å². The Kier molecular flexibility index (Phi) is 5.47.